The SMILES string of the molecule is C[C@H]1CN(C2CCCCC2)CCC1=O. The number of hydrogen-bond acceptors (Lipinski definition) is 2. The third-order valence-corrected chi connectivity index (χ3v) is 3.79. The van der Waals surface area contributed by atoms with Gasteiger partial charge in [0.2, 0.25) is 0 Å². The molecule has 0 bridgehead atoms. The summed E-state index contributed by atoms with van der Waals surface area (Å²) >= 11 is 0. The van der Waals surface area contributed by atoms with E-state index >= 15 is 0 Å². The van der Waals surface area contributed by atoms with Crippen LogP contribution in [0.4, 0.5) is 0 Å². The van der Waals surface area contributed by atoms with E-state index in [4.69, 9.17) is 0 Å². The molecule has 2 rings (SSSR count). The summed E-state index contributed by atoms with van der Waals surface area (Å²) in [4.78, 5) is 14.0. The summed E-state index contributed by atoms with van der Waals surface area (Å²) in [6, 6.07) is 0.791. The van der Waals surface area contributed by atoms with Gasteiger partial charge in [-0.05, 0) is 12.8 Å². The van der Waals surface area contributed by atoms with Gasteiger partial charge in [0.1, 0.15) is 5.78 Å². The highest BCUT2D eigenvalue weighted by molar-refractivity contribution is 5.81. The molecule has 1 heterocycles. The number of nitrogens with zero attached hydrogens (tertiary/aromatic N) is 1. The third-order valence-electron chi connectivity index (χ3n) is 3.79. The lowest BCUT2D eigenvalue weighted by molar-refractivity contribution is -0.126. The smallest absolute Gasteiger partial charge is 0.138 e. The average molecular weight is 195 g/mol. The van der Waals surface area contributed by atoms with Gasteiger partial charge in [0.25, 0.3) is 0 Å². The lowest BCUT2D eigenvalue weighted by Gasteiger charge is -2.38. The van der Waals surface area contributed by atoms with E-state index < -0.39 is 0 Å². The summed E-state index contributed by atoms with van der Waals surface area (Å²) in [5.41, 5.74) is 0. The van der Waals surface area contributed by atoms with Gasteiger partial charge in [0.15, 0.2) is 0 Å². The fourth-order valence-corrected chi connectivity index (χ4v) is 2.82. The average Bonchev–Trinajstić information content (AvgIpc) is 2.23. The van der Waals surface area contributed by atoms with Crippen LogP contribution < -0.4 is 0 Å². The Labute approximate surface area is 86.7 Å². The Morgan fingerprint density at radius 1 is 1.21 bits per heavy atom. The van der Waals surface area contributed by atoms with Crippen molar-refractivity contribution in [2.45, 2.75) is 51.5 Å². The number of carbonyl (C=O) groups excluding carboxylic acids is 1. The minimum atomic E-state index is 0.283. The van der Waals surface area contributed by atoms with Crippen LogP contribution in [-0.4, -0.2) is 29.8 Å². The molecule has 80 valence electrons. The number of likely N-dealkylation sites (tertiary alicyclic amines) is 1. The highest BCUT2D eigenvalue weighted by Gasteiger charge is 2.28. The first-order chi connectivity index (χ1) is 6.77. The Hall–Kier alpha value is -0.370. The van der Waals surface area contributed by atoms with Gasteiger partial charge in [0, 0.05) is 31.5 Å². The van der Waals surface area contributed by atoms with Crippen molar-refractivity contribution in [1.29, 1.82) is 0 Å². The van der Waals surface area contributed by atoms with Crippen LogP contribution in [0.1, 0.15) is 45.4 Å². The lowest BCUT2D eigenvalue weighted by Crippen LogP contribution is -2.46. The molecule has 14 heavy (non-hydrogen) atoms. The predicted molar refractivity (Wildman–Crippen MR) is 57.2 cm³/mol. The van der Waals surface area contributed by atoms with Crippen LogP contribution in [-0.2, 0) is 4.79 Å². The zero-order chi connectivity index (χ0) is 9.97. The molecule has 2 aliphatic rings. The van der Waals surface area contributed by atoms with Crippen molar-refractivity contribution in [3.63, 3.8) is 0 Å². The first kappa shape index (κ1) is 10.2. The van der Waals surface area contributed by atoms with Crippen LogP contribution in [0.25, 0.3) is 0 Å². The molecule has 0 aromatic carbocycles. The molecule has 2 heteroatoms. The summed E-state index contributed by atoms with van der Waals surface area (Å²) < 4.78 is 0. The Balaban J connectivity index is 1.88. The van der Waals surface area contributed by atoms with E-state index in [9.17, 15) is 4.79 Å². The van der Waals surface area contributed by atoms with Crippen LogP contribution in [0.2, 0.25) is 0 Å². The maximum atomic E-state index is 11.4. The van der Waals surface area contributed by atoms with Gasteiger partial charge >= 0.3 is 0 Å². The fraction of sp³-hybridized carbons (Fsp3) is 0.917. The van der Waals surface area contributed by atoms with E-state index in [2.05, 4.69) is 11.8 Å². The maximum absolute atomic E-state index is 11.4. The topological polar surface area (TPSA) is 20.3 Å². The summed E-state index contributed by atoms with van der Waals surface area (Å²) in [7, 11) is 0. The number of piperidine rings is 1. The third kappa shape index (κ3) is 2.17. The molecule has 1 aliphatic heterocycles. The van der Waals surface area contributed by atoms with Crippen molar-refractivity contribution >= 4 is 5.78 Å². The van der Waals surface area contributed by atoms with Crippen molar-refractivity contribution in [1.82, 2.24) is 4.90 Å². The van der Waals surface area contributed by atoms with E-state index in [1.807, 2.05) is 0 Å². The second kappa shape index (κ2) is 4.43. The first-order valence-electron chi connectivity index (χ1n) is 6.04. The molecule has 0 aromatic heterocycles. The second-order valence-electron chi connectivity index (χ2n) is 4.90. The molecule has 0 aromatic rings. The second-order valence-corrected chi connectivity index (χ2v) is 4.90. The van der Waals surface area contributed by atoms with E-state index in [1.165, 1.54) is 32.1 Å². The Bertz CT molecular complexity index is 208. The highest BCUT2D eigenvalue weighted by atomic mass is 16.1. The number of rotatable bonds is 1. The van der Waals surface area contributed by atoms with E-state index in [1.54, 1.807) is 0 Å². The highest BCUT2D eigenvalue weighted by Crippen LogP contribution is 2.25. The number of Topliss-reactive ketones (excluding diaryl/α,β-unsaturated/α-hetero) is 1. The van der Waals surface area contributed by atoms with Gasteiger partial charge in [0.05, 0.1) is 0 Å². The van der Waals surface area contributed by atoms with E-state index in [0.29, 0.717) is 5.78 Å². The van der Waals surface area contributed by atoms with Crippen molar-refractivity contribution in [2.24, 2.45) is 5.92 Å². The maximum Gasteiger partial charge on any atom is 0.138 e. The van der Waals surface area contributed by atoms with Crippen molar-refractivity contribution < 1.29 is 4.79 Å². The van der Waals surface area contributed by atoms with Crippen molar-refractivity contribution in [2.75, 3.05) is 13.1 Å². The van der Waals surface area contributed by atoms with Crippen LogP contribution in [0, 0.1) is 5.92 Å². The molecule has 0 unspecified atom stereocenters. The number of hydrogen-bond donors (Lipinski definition) is 0. The Kier molecular flexibility index (Phi) is 3.22. The van der Waals surface area contributed by atoms with E-state index in [-0.39, 0.29) is 5.92 Å². The van der Waals surface area contributed by atoms with Gasteiger partial charge in [-0.15, -0.1) is 0 Å². The first-order valence-corrected chi connectivity index (χ1v) is 6.04. The molecular formula is C12H21NO. The number of carbonyl (C=O) groups is 1. The largest absolute Gasteiger partial charge is 0.299 e. The van der Waals surface area contributed by atoms with Crippen LogP contribution in [0.5, 0.6) is 0 Å². The molecule has 0 spiro atoms. The van der Waals surface area contributed by atoms with Crippen molar-refractivity contribution in [3.05, 3.63) is 0 Å². The summed E-state index contributed by atoms with van der Waals surface area (Å²) in [6.07, 6.45) is 7.71. The van der Waals surface area contributed by atoms with Gasteiger partial charge in [-0.3, -0.25) is 9.69 Å². The van der Waals surface area contributed by atoms with Crippen molar-refractivity contribution in [3.8, 4) is 0 Å². The van der Waals surface area contributed by atoms with Crippen LogP contribution in [0.15, 0.2) is 0 Å². The van der Waals surface area contributed by atoms with Gasteiger partial charge in [-0.2, -0.15) is 0 Å². The molecule has 0 N–H and O–H groups in total. The molecule has 0 amide bonds. The Morgan fingerprint density at radius 2 is 1.93 bits per heavy atom. The minimum absolute atomic E-state index is 0.283. The quantitative estimate of drug-likeness (QED) is 0.639. The monoisotopic (exact) mass is 195 g/mol. The van der Waals surface area contributed by atoms with Crippen LogP contribution >= 0.6 is 0 Å². The molecule has 1 saturated carbocycles. The molecule has 0 radical (unpaired) electrons. The van der Waals surface area contributed by atoms with Crippen LogP contribution in [0.3, 0.4) is 0 Å². The summed E-state index contributed by atoms with van der Waals surface area (Å²) in [5, 5.41) is 0. The normalized spacial score (nSPS) is 32.1. The Morgan fingerprint density at radius 3 is 2.57 bits per heavy atom. The minimum Gasteiger partial charge on any atom is -0.299 e. The molecule has 2 fully saturated rings. The summed E-state index contributed by atoms with van der Waals surface area (Å²) in [6.45, 7) is 4.12. The molecule has 2 nitrogen and oxygen atoms in total. The molecule has 1 atom stereocenters. The van der Waals surface area contributed by atoms with Gasteiger partial charge < -0.3 is 0 Å². The van der Waals surface area contributed by atoms with Gasteiger partial charge in [-0.1, -0.05) is 26.2 Å². The standard InChI is InChI=1S/C12H21NO/c1-10-9-13(8-7-12(10)14)11-5-3-2-4-6-11/h10-11H,2-9H2,1H3/t10-/m0/s1. The number of ketones is 1. The predicted octanol–water partition coefficient (Wildman–Crippen LogP) is 2.23. The zero-order valence-electron chi connectivity index (χ0n) is 9.17. The zero-order valence-corrected chi connectivity index (χ0v) is 9.17. The molecule has 1 saturated heterocycles. The fourth-order valence-electron chi connectivity index (χ4n) is 2.82. The molecular weight excluding hydrogens is 174 g/mol. The van der Waals surface area contributed by atoms with E-state index in [0.717, 1.165) is 25.6 Å². The molecule has 1 aliphatic carbocycles. The van der Waals surface area contributed by atoms with Gasteiger partial charge in [-0.25, -0.2) is 0 Å². The lowest BCUT2D eigenvalue weighted by atomic mass is 9.90. The summed E-state index contributed by atoms with van der Waals surface area (Å²) in [5.74, 6) is 0.753.